The zero-order valence-electron chi connectivity index (χ0n) is 21.2. The van der Waals surface area contributed by atoms with Gasteiger partial charge in [-0.25, -0.2) is 0 Å². The molecule has 0 bridgehead atoms. The Labute approximate surface area is 204 Å². The van der Waals surface area contributed by atoms with Crippen molar-refractivity contribution >= 4 is 42.1 Å². The number of carbonyl (C=O) groups excluding carboxylic acids is 2. The minimum Gasteiger partial charge on any atom is -0.483 e. The lowest BCUT2D eigenvalue weighted by Crippen LogP contribution is -1.98. The van der Waals surface area contributed by atoms with Crippen LogP contribution in [0.5, 0.6) is 0 Å². The van der Waals surface area contributed by atoms with Crippen LogP contribution >= 0.6 is 0 Å². The summed E-state index contributed by atoms with van der Waals surface area (Å²) in [5, 5.41) is 39.2. The number of aliphatic carboxylic acids is 4. The summed E-state index contributed by atoms with van der Waals surface area (Å²) in [6.07, 6.45) is 6.26. The molecule has 1 saturated heterocycles. The van der Waals surface area contributed by atoms with E-state index in [9.17, 15) is 28.8 Å². The van der Waals surface area contributed by atoms with Crippen LogP contribution in [0.4, 0.5) is 0 Å². The molecular formula is C22H37O13+. The molecule has 13 heteroatoms. The summed E-state index contributed by atoms with van der Waals surface area (Å²) in [5.41, 5.74) is 0. The van der Waals surface area contributed by atoms with Crippen LogP contribution in [0.15, 0.2) is 12.2 Å². The number of hydrogen-bond donors (Lipinski definition) is 5. The molecule has 202 valence electrons. The number of ketones is 1. The van der Waals surface area contributed by atoms with Gasteiger partial charge in [0.15, 0.2) is 0 Å². The van der Waals surface area contributed by atoms with Crippen LogP contribution in [0.1, 0.15) is 80.0 Å². The summed E-state index contributed by atoms with van der Waals surface area (Å²) < 4.78 is 4.72. The standard InChI is InChI=1S/C6H10O4.C5H8O3.2C5H8O2.CH2O2/c7-5(8)3-1-2-4-6(9)10;1-4(6)2-3-5(7)8;1-4-2-3-5(6)7-4;1-2-3-4-5(6)7;2-1-3/h1-4H2,(H,7,8)(H,9,10);2-3H2,1H3,(H,7,8);4H,2-3H2,1H3;2-3H,4H2,1H3,(H,6,7);1H,(H,2,3)/p+1/b;;;3-2+;. The third-order valence-corrected chi connectivity index (χ3v) is 3.34. The molecule has 0 spiro atoms. The predicted molar refractivity (Wildman–Crippen MR) is 123 cm³/mol. The maximum atomic E-state index is 10.2. The summed E-state index contributed by atoms with van der Waals surface area (Å²) in [7, 11) is 0. The SMILES string of the molecule is C/C=C/CC(=O)O.CC(=O)CCC(=O)O.CC1CCC(=O)O1.O=C(O)CCCCC(=O)O.O=CO.[H+]. The van der Waals surface area contributed by atoms with Gasteiger partial charge in [0.2, 0.25) is 0 Å². The van der Waals surface area contributed by atoms with Crippen LogP contribution in [-0.2, 0) is 38.3 Å². The molecule has 1 heterocycles. The average molecular weight is 510 g/mol. The lowest BCUT2D eigenvalue weighted by molar-refractivity contribution is -0.141. The molecule has 0 aliphatic carbocycles. The molecule has 1 aliphatic rings. The lowest BCUT2D eigenvalue weighted by atomic mass is 10.2. The molecule has 1 atom stereocenters. The summed E-state index contributed by atoms with van der Waals surface area (Å²) >= 11 is 0. The van der Waals surface area contributed by atoms with Crippen LogP contribution in [0.3, 0.4) is 0 Å². The average Bonchev–Trinajstić information content (AvgIpc) is 3.12. The summed E-state index contributed by atoms with van der Waals surface area (Å²) in [6, 6.07) is 0. The molecule has 1 rings (SSSR count). The summed E-state index contributed by atoms with van der Waals surface area (Å²) in [5.74, 6) is -3.56. The minimum atomic E-state index is -0.916. The maximum absolute atomic E-state index is 10.2. The van der Waals surface area contributed by atoms with Crippen molar-refractivity contribution in [3.8, 4) is 0 Å². The lowest BCUT2D eigenvalue weighted by Gasteiger charge is -1.95. The highest BCUT2D eigenvalue weighted by Gasteiger charge is 2.17. The van der Waals surface area contributed by atoms with Gasteiger partial charge in [-0.3, -0.25) is 28.8 Å². The van der Waals surface area contributed by atoms with Crippen LogP contribution in [0.25, 0.3) is 0 Å². The molecule has 0 saturated carbocycles. The Kier molecular flexibility index (Phi) is 31.1. The zero-order valence-corrected chi connectivity index (χ0v) is 20.2. The van der Waals surface area contributed by atoms with Crippen molar-refractivity contribution in [2.24, 2.45) is 0 Å². The van der Waals surface area contributed by atoms with Gasteiger partial charge in [-0.15, -0.1) is 0 Å². The first-order chi connectivity index (χ1) is 16.2. The first-order valence-electron chi connectivity index (χ1n) is 10.5. The number of esters is 1. The molecule has 1 aliphatic heterocycles. The molecule has 13 nitrogen and oxygen atoms in total. The van der Waals surface area contributed by atoms with E-state index in [4.69, 9.17) is 35.1 Å². The van der Waals surface area contributed by atoms with E-state index < -0.39 is 23.9 Å². The second kappa shape index (κ2) is 28.3. The van der Waals surface area contributed by atoms with Crippen LogP contribution < -0.4 is 0 Å². The van der Waals surface area contributed by atoms with E-state index in [2.05, 4.69) is 0 Å². The van der Waals surface area contributed by atoms with E-state index in [1.807, 2.05) is 6.92 Å². The van der Waals surface area contributed by atoms with Gasteiger partial charge in [0.25, 0.3) is 6.47 Å². The van der Waals surface area contributed by atoms with E-state index in [1.165, 1.54) is 6.92 Å². The third kappa shape index (κ3) is 53.5. The second-order valence-corrected chi connectivity index (χ2v) is 6.70. The smallest absolute Gasteiger partial charge is 0.483 e. The Bertz CT molecular complexity index is 645. The topological polar surface area (TPSA) is 230 Å². The number of carboxylic acids is 4. The molecule has 5 N–H and O–H groups in total. The number of rotatable bonds is 10. The molecule has 35 heavy (non-hydrogen) atoms. The Balaban J connectivity index is -0.000000114. The van der Waals surface area contributed by atoms with Gasteiger partial charge >= 0.3 is 31.3 Å². The zero-order chi connectivity index (χ0) is 28.2. The minimum absolute atomic E-state index is 0. The molecule has 0 radical (unpaired) electrons. The van der Waals surface area contributed by atoms with Gasteiger partial charge in [-0.05, 0) is 40.0 Å². The van der Waals surface area contributed by atoms with E-state index >= 15 is 0 Å². The fraction of sp³-hybridized carbons (Fsp3) is 0.591. The highest BCUT2D eigenvalue weighted by atomic mass is 16.5. The number of unbranched alkanes of at least 4 members (excludes halogenated alkanes) is 1. The van der Waals surface area contributed by atoms with Crippen molar-refractivity contribution in [3.63, 3.8) is 0 Å². The molecule has 0 aromatic carbocycles. The normalized spacial score (nSPS) is 13.0. The molecule has 0 amide bonds. The number of cyclic esters (lactones) is 1. The van der Waals surface area contributed by atoms with E-state index in [-0.39, 0.29) is 57.9 Å². The molecule has 0 aromatic heterocycles. The Hall–Kier alpha value is -3.77. The molecule has 1 fully saturated rings. The fourth-order valence-corrected chi connectivity index (χ4v) is 1.72. The van der Waals surface area contributed by atoms with Gasteiger partial charge in [-0.1, -0.05) is 12.2 Å². The van der Waals surface area contributed by atoms with Gasteiger partial charge in [0, 0.05) is 25.7 Å². The van der Waals surface area contributed by atoms with E-state index in [0.29, 0.717) is 19.3 Å². The van der Waals surface area contributed by atoms with Crippen molar-refractivity contribution in [3.05, 3.63) is 12.2 Å². The van der Waals surface area contributed by atoms with Crippen LogP contribution in [0.2, 0.25) is 0 Å². The summed E-state index contributed by atoms with van der Waals surface area (Å²) in [4.78, 5) is 67.9. The second-order valence-electron chi connectivity index (χ2n) is 6.70. The van der Waals surface area contributed by atoms with Crippen molar-refractivity contribution in [1.82, 2.24) is 0 Å². The number of carbonyl (C=O) groups is 7. The fourth-order valence-electron chi connectivity index (χ4n) is 1.72. The Morgan fingerprint density at radius 2 is 1.34 bits per heavy atom. The quantitative estimate of drug-likeness (QED) is 0.123. The number of allylic oxidation sites excluding steroid dienone is 1. The number of ether oxygens (including phenoxy) is 1. The van der Waals surface area contributed by atoms with Crippen molar-refractivity contribution in [1.29, 1.82) is 0 Å². The highest BCUT2D eigenvalue weighted by molar-refractivity contribution is 5.80. The van der Waals surface area contributed by atoms with Crippen molar-refractivity contribution < 1.29 is 65.3 Å². The molecule has 1 unspecified atom stereocenters. The van der Waals surface area contributed by atoms with Gasteiger partial charge in [0.1, 0.15) is 5.78 Å². The third-order valence-electron chi connectivity index (χ3n) is 3.34. The number of Topliss-reactive ketones (excluding diaryl/α,β-unsaturated/α-hetero) is 1. The van der Waals surface area contributed by atoms with Crippen molar-refractivity contribution in [2.75, 3.05) is 0 Å². The van der Waals surface area contributed by atoms with E-state index in [1.54, 1.807) is 19.1 Å². The van der Waals surface area contributed by atoms with Crippen LogP contribution in [-0.4, -0.2) is 73.7 Å². The summed E-state index contributed by atoms with van der Waals surface area (Å²) in [6.45, 7) is 4.83. The van der Waals surface area contributed by atoms with Gasteiger partial charge in [0.05, 0.1) is 18.9 Å². The first-order valence-corrected chi connectivity index (χ1v) is 10.5. The maximum Gasteiger partial charge on any atom is 1.00 e. The van der Waals surface area contributed by atoms with Gasteiger partial charge < -0.3 is 35.1 Å². The number of hydrogen-bond acceptors (Lipinski definition) is 8. The van der Waals surface area contributed by atoms with E-state index in [0.717, 1.165) is 6.42 Å². The monoisotopic (exact) mass is 509 g/mol. The largest absolute Gasteiger partial charge is 1.00 e. The Morgan fingerprint density at radius 3 is 1.49 bits per heavy atom. The number of carboxylic acid groups (broad SMARTS) is 5. The van der Waals surface area contributed by atoms with Gasteiger partial charge in [-0.2, -0.15) is 0 Å². The Morgan fingerprint density at radius 1 is 0.914 bits per heavy atom. The van der Waals surface area contributed by atoms with Crippen molar-refractivity contribution in [2.45, 2.75) is 84.7 Å². The van der Waals surface area contributed by atoms with Crippen LogP contribution in [0, 0.1) is 0 Å². The first kappa shape index (κ1) is 38.5. The highest BCUT2D eigenvalue weighted by Crippen LogP contribution is 2.11. The molecular weight excluding hydrogens is 472 g/mol. The predicted octanol–water partition coefficient (Wildman–Crippen LogP) is 2.72. The molecule has 0 aromatic rings.